The largest absolute Gasteiger partial charge is 0.459 e. The Morgan fingerprint density at radius 3 is 1.12 bits per heavy atom. The Bertz CT molecular complexity index is 2790. The average molecular weight is 1580 g/mol. The summed E-state index contributed by atoms with van der Waals surface area (Å²) >= 11 is 0. The molecule has 0 aromatic rings. The Balaban J connectivity index is 1.35. The van der Waals surface area contributed by atoms with Crippen LogP contribution in [-0.4, -0.2) is 307 Å². The van der Waals surface area contributed by atoms with Crippen molar-refractivity contribution in [1.82, 2.24) is 9.80 Å². The lowest BCUT2D eigenvalue weighted by molar-refractivity contribution is -0.319. The third-order valence-corrected chi connectivity index (χ3v) is 25.1. The molecule has 6 rings (SSSR count). The number of nitrogens with zero attached hydrogens (tertiary/aromatic N) is 4. The fourth-order valence-electron chi connectivity index (χ4n) is 18.0. The quantitative estimate of drug-likeness (QED) is 0.0268. The molecule has 6 heterocycles. The zero-order valence-corrected chi connectivity index (χ0v) is 70.2. The Labute approximate surface area is 653 Å². The minimum absolute atomic E-state index is 0.00540. The van der Waals surface area contributed by atoms with Crippen molar-refractivity contribution in [2.75, 3.05) is 54.6 Å². The molecule has 0 radical (unpaired) electrons. The standard InChI is InChI=1S/C80H142N4O26/c1-27-33-99-81-59-41(5)37-75(17,93)69(47(11)63(107-57-39-77(19,97-25)67(89)51(15)103-57)49(13)71(91)105-55(29-3)79(21,95)65(87)45(59)9)109-73-61(85)53(35-43(7)101-73)83(23)31-32-84(24)54-36-44(8)102-74(62(54)86)110-70-48(12)64(108-58-40-78(20,98-26)68(90)52(16)104-58)50(14)72(92)106-56(30-4)80(22,96)66(88)46(10)60(82-100-34-28-2)42(6)38-76(70,18)94/h27-28,41-58,61-70,73-74,85-90,93-96H,1-2,29-40H2,3-26H3/b81-59-,82-60-/t41-,42-,43-,44-,45+,46+,47+,48+,49-,50-,51+,52+,53+,54+,55-,56-,57+,58+,61-,62-,63+,64+,65-,66-,67+,68+,69-,70-,73+,74+,75-,76-,77-,78-,79-,80-/m1/s1. The summed E-state index contributed by atoms with van der Waals surface area (Å²) in [4.78, 5) is 45.0. The summed E-state index contributed by atoms with van der Waals surface area (Å²) in [5.74, 6) is -9.29. The first-order valence-electron chi connectivity index (χ1n) is 39.8. The second kappa shape index (κ2) is 39.6. The molecule has 36 atom stereocenters. The highest BCUT2D eigenvalue weighted by atomic mass is 16.7. The van der Waals surface area contributed by atoms with Gasteiger partial charge in [0.05, 0.1) is 107 Å². The summed E-state index contributed by atoms with van der Waals surface area (Å²) < 4.78 is 77.8. The van der Waals surface area contributed by atoms with Gasteiger partial charge in [0.15, 0.2) is 25.2 Å². The first kappa shape index (κ1) is 95.3. The molecule has 638 valence electrons. The van der Waals surface area contributed by atoms with Gasteiger partial charge in [-0.05, 0) is 136 Å². The highest BCUT2D eigenvalue weighted by Crippen LogP contribution is 2.45. The van der Waals surface area contributed by atoms with E-state index >= 15 is 0 Å². The van der Waals surface area contributed by atoms with Gasteiger partial charge in [-0.15, -0.1) is 0 Å². The second-order valence-electron chi connectivity index (χ2n) is 34.4. The molecule has 6 aliphatic rings. The van der Waals surface area contributed by atoms with Crippen molar-refractivity contribution < 1.29 is 127 Å². The minimum atomic E-state index is -2.04. The molecule has 0 bridgehead atoms. The fraction of sp³-hybridized carbons (Fsp3) is 0.900. The molecular formula is C80H142N4O26. The Hall–Kier alpha value is -3.52. The van der Waals surface area contributed by atoms with Gasteiger partial charge in [0, 0.05) is 87.7 Å². The number of oxime groups is 2. The summed E-state index contributed by atoms with van der Waals surface area (Å²) in [7, 11) is 6.64. The molecule has 110 heavy (non-hydrogen) atoms. The van der Waals surface area contributed by atoms with Crippen molar-refractivity contribution >= 4 is 23.4 Å². The van der Waals surface area contributed by atoms with Crippen LogP contribution < -0.4 is 0 Å². The summed E-state index contributed by atoms with van der Waals surface area (Å²) in [6.45, 7) is 41.5. The summed E-state index contributed by atoms with van der Waals surface area (Å²) in [5, 5.41) is 133. The lowest BCUT2D eigenvalue weighted by Crippen LogP contribution is -2.62. The number of aliphatic hydroxyl groups excluding tert-OH is 6. The van der Waals surface area contributed by atoms with Crippen molar-refractivity contribution in [3.8, 4) is 0 Å². The van der Waals surface area contributed by atoms with Crippen molar-refractivity contribution in [3.05, 3.63) is 25.3 Å². The van der Waals surface area contributed by atoms with Crippen LogP contribution in [0.1, 0.15) is 190 Å². The smallest absolute Gasteiger partial charge is 0.311 e. The Kier molecular flexibility index (Phi) is 34.3. The molecule has 0 aromatic heterocycles. The Morgan fingerprint density at radius 1 is 0.491 bits per heavy atom. The zero-order chi connectivity index (χ0) is 83.0. The monoisotopic (exact) mass is 1570 g/mol. The number of hydrogen-bond acceptors (Lipinski definition) is 30. The number of ether oxygens (including phenoxy) is 12. The normalized spacial score (nSPS) is 47.7. The number of carbonyl (C=O) groups excluding carboxylic acids is 2. The van der Waals surface area contributed by atoms with Crippen LogP contribution in [-0.2, 0) is 76.1 Å². The van der Waals surface area contributed by atoms with E-state index in [1.165, 1.54) is 40.2 Å². The van der Waals surface area contributed by atoms with E-state index in [1.807, 2.05) is 37.7 Å². The Morgan fingerprint density at radius 2 is 0.818 bits per heavy atom. The summed E-state index contributed by atoms with van der Waals surface area (Å²) in [6.07, 6.45) is -19.9. The third-order valence-electron chi connectivity index (χ3n) is 25.1. The number of hydrogen-bond donors (Lipinski definition) is 10. The van der Waals surface area contributed by atoms with Crippen LogP contribution >= 0.6 is 0 Å². The molecule has 0 saturated carbocycles. The molecule has 0 aromatic carbocycles. The van der Waals surface area contributed by atoms with Gasteiger partial charge in [0.2, 0.25) is 0 Å². The molecule has 0 aliphatic carbocycles. The number of likely N-dealkylation sites (N-methyl/N-ethyl adjacent to an activating group) is 2. The number of esters is 2. The van der Waals surface area contributed by atoms with E-state index < -0.39 is 228 Å². The third kappa shape index (κ3) is 22.0. The van der Waals surface area contributed by atoms with E-state index in [4.69, 9.17) is 66.5 Å². The van der Waals surface area contributed by atoms with Gasteiger partial charge in [0.1, 0.15) is 61.0 Å². The highest BCUT2D eigenvalue weighted by Gasteiger charge is 2.57. The van der Waals surface area contributed by atoms with Gasteiger partial charge in [-0.1, -0.05) is 91.0 Å². The van der Waals surface area contributed by atoms with E-state index in [0.717, 1.165) is 0 Å². The SMILES string of the molecule is C=CCO/N=C1/[C@H](C)C[C@@](C)(O)[C@H](O[C@@H]2O[C@H](C)C[C@H](N(C)CCN(C)[C@H]3C[C@@H](C)O[C@@H](O[C@@H]4[C@@H](C)[C@H](O[C@H]5C[C@@](C)(OC)[C@@H](O)[C@H](C)O5)[C@@H](C)C(=O)O[C@H](CC)[C@@](C)(O)[C@H](O)[C@@H](C)/C(=N\OCC=C)[C@H](C)C[C@@]4(C)O)[C@@H]3O)[C@H]2O)[C@@H](C)[C@H](O[C@H]2C[C@@](C)(OC)[C@@H](O)[C@H](C)O2)[C@@H](C)C(=O)O[C@H](CC)[C@@](C)(O)[C@H](O)[C@H]1C. The molecule has 30 nitrogen and oxygen atoms in total. The minimum Gasteiger partial charge on any atom is -0.459 e. The number of carbonyl (C=O) groups is 2. The predicted molar refractivity (Wildman–Crippen MR) is 408 cm³/mol. The van der Waals surface area contributed by atoms with Gasteiger partial charge in [0.25, 0.3) is 0 Å². The van der Waals surface area contributed by atoms with Crippen molar-refractivity contribution in [2.24, 2.45) is 57.7 Å². The number of rotatable bonds is 23. The molecule has 0 amide bonds. The molecular weight excluding hydrogens is 1430 g/mol. The topological polar surface area (TPSA) is 397 Å². The van der Waals surface area contributed by atoms with E-state index in [1.54, 1.807) is 111 Å². The van der Waals surface area contributed by atoms with Gasteiger partial charge in [-0.2, -0.15) is 0 Å². The maximum Gasteiger partial charge on any atom is 0.311 e. The first-order valence-corrected chi connectivity index (χ1v) is 39.8. The maximum absolute atomic E-state index is 14.8. The first-order chi connectivity index (χ1) is 51.1. The molecule has 0 unspecified atom stereocenters. The van der Waals surface area contributed by atoms with Crippen molar-refractivity contribution in [1.29, 1.82) is 0 Å². The van der Waals surface area contributed by atoms with Gasteiger partial charge in [-0.3, -0.25) is 19.4 Å². The van der Waals surface area contributed by atoms with Gasteiger partial charge < -0.3 is 118 Å². The fourth-order valence-corrected chi connectivity index (χ4v) is 18.0. The van der Waals surface area contributed by atoms with Crippen molar-refractivity contribution in [3.63, 3.8) is 0 Å². The maximum atomic E-state index is 14.8. The van der Waals surface area contributed by atoms with E-state index in [-0.39, 0.29) is 63.2 Å². The van der Waals surface area contributed by atoms with Crippen LogP contribution in [0.5, 0.6) is 0 Å². The van der Waals surface area contributed by atoms with Crippen LogP contribution in [0, 0.1) is 47.3 Å². The molecule has 10 N–H and O–H groups in total. The highest BCUT2D eigenvalue weighted by molar-refractivity contribution is 5.89. The van der Waals surface area contributed by atoms with E-state index in [0.29, 0.717) is 25.9 Å². The van der Waals surface area contributed by atoms with Gasteiger partial charge in [-0.25, -0.2) is 0 Å². The molecule has 30 heteroatoms. The van der Waals surface area contributed by atoms with Crippen LogP contribution in [0.15, 0.2) is 35.6 Å². The van der Waals surface area contributed by atoms with Gasteiger partial charge >= 0.3 is 11.9 Å². The van der Waals surface area contributed by atoms with Crippen LogP contribution in [0.4, 0.5) is 0 Å². The lowest BCUT2D eigenvalue weighted by Gasteiger charge is -2.49. The molecule has 6 aliphatic heterocycles. The number of methoxy groups -OCH3 is 2. The summed E-state index contributed by atoms with van der Waals surface area (Å²) in [6, 6.07) is -1.31. The van der Waals surface area contributed by atoms with E-state index in [9.17, 15) is 60.7 Å². The summed E-state index contributed by atoms with van der Waals surface area (Å²) in [5.41, 5.74) is -9.72. The predicted octanol–water partition coefficient (Wildman–Crippen LogP) is 5.30. The zero-order valence-electron chi connectivity index (χ0n) is 70.2. The molecule has 6 saturated heterocycles. The van der Waals surface area contributed by atoms with Crippen LogP contribution in [0.3, 0.4) is 0 Å². The second-order valence-corrected chi connectivity index (χ2v) is 34.4. The number of cyclic esters (lactones) is 2. The average Bonchev–Trinajstić information content (AvgIpc) is 0.777. The number of aliphatic hydroxyl groups is 10. The van der Waals surface area contributed by atoms with Crippen LogP contribution in [0.2, 0.25) is 0 Å². The van der Waals surface area contributed by atoms with E-state index in [2.05, 4.69) is 23.5 Å². The molecule has 6 fully saturated rings. The van der Waals surface area contributed by atoms with Crippen LogP contribution in [0.25, 0.3) is 0 Å². The molecule has 0 spiro atoms. The van der Waals surface area contributed by atoms with Crippen molar-refractivity contribution in [2.45, 2.75) is 358 Å². The lowest BCUT2D eigenvalue weighted by atomic mass is 9.73.